The predicted molar refractivity (Wildman–Crippen MR) is 61.0 cm³/mol. The van der Waals surface area contributed by atoms with Gasteiger partial charge in [-0.3, -0.25) is 4.90 Å². The van der Waals surface area contributed by atoms with Crippen LogP contribution in [0.3, 0.4) is 0 Å². The Hall–Kier alpha value is -1.40. The molecule has 5 nitrogen and oxygen atoms in total. The van der Waals surface area contributed by atoms with Gasteiger partial charge in [0, 0.05) is 12.3 Å². The number of aliphatic carboxylic acids is 1. The zero-order chi connectivity index (χ0) is 14.6. The van der Waals surface area contributed by atoms with Crippen LogP contribution in [0.25, 0.3) is 0 Å². The van der Waals surface area contributed by atoms with Crippen molar-refractivity contribution in [1.29, 1.82) is 0 Å². The van der Waals surface area contributed by atoms with E-state index in [4.69, 9.17) is 9.84 Å². The highest BCUT2D eigenvalue weighted by atomic mass is 19.3. The normalized spacial score (nSPS) is 32.5. The van der Waals surface area contributed by atoms with Crippen molar-refractivity contribution < 1.29 is 28.2 Å². The number of carboxylic acids is 1. The van der Waals surface area contributed by atoms with Gasteiger partial charge in [0.15, 0.2) is 0 Å². The minimum Gasteiger partial charge on any atom is -0.480 e. The number of fused-ring (bicyclic) bond motifs is 1. The Morgan fingerprint density at radius 2 is 1.95 bits per heavy atom. The van der Waals surface area contributed by atoms with Gasteiger partial charge in [-0.2, -0.15) is 0 Å². The number of likely N-dealkylation sites (tertiary alicyclic amines) is 1. The maximum absolute atomic E-state index is 13.3. The van der Waals surface area contributed by atoms with E-state index in [9.17, 15) is 18.4 Å². The Labute approximate surface area is 109 Å². The van der Waals surface area contributed by atoms with E-state index in [-0.39, 0.29) is 6.42 Å². The maximum Gasteiger partial charge on any atom is 0.411 e. The van der Waals surface area contributed by atoms with Crippen molar-refractivity contribution in [2.24, 2.45) is 5.92 Å². The summed E-state index contributed by atoms with van der Waals surface area (Å²) in [5.41, 5.74) is -0.787. The van der Waals surface area contributed by atoms with Crippen LogP contribution in [0.5, 0.6) is 0 Å². The molecule has 0 radical (unpaired) electrons. The molecule has 1 N–H and O–H groups in total. The van der Waals surface area contributed by atoms with E-state index in [1.165, 1.54) is 0 Å². The summed E-state index contributed by atoms with van der Waals surface area (Å²) in [6, 6.07) is -1.95. The number of hydrogen-bond acceptors (Lipinski definition) is 3. The summed E-state index contributed by atoms with van der Waals surface area (Å²) in [7, 11) is 0. The fourth-order valence-corrected chi connectivity index (χ4v) is 2.70. The lowest BCUT2D eigenvalue weighted by atomic mass is 9.76. The molecule has 0 aromatic carbocycles. The van der Waals surface area contributed by atoms with Crippen LogP contribution in [0.2, 0.25) is 0 Å². The zero-order valence-electron chi connectivity index (χ0n) is 11.0. The summed E-state index contributed by atoms with van der Waals surface area (Å²) >= 11 is 0. The van der Waals surface area contributed by atoms with Crippen LogP contribution in [-0.2, 0) is 9.53 Å². The van der Waals surface area contributed by atoms with Crippen LogP contribution < -0.4 is 0 Å². The van der Waals surface area contributed by atoms with Gasteiger partial charge in [0.25, 0.3) is 5.92 Å². The molecule has 7 heteroatoms. The third kappa shape index (κ3) is 2.37. The molecule has 3 atom stereocenters. The van der Waals surface area contributed by atoms with Crippen molar-refractivity contribution in [3.63, 3.8) is 0 Å². The fraction of sp³-hybridized carbons (Fsp3) is 0.833. The molecule has 0 aromatic rings. The molecule has 0 bridgehead atoms. The summed E-state index contributed by atoms with van der Waals surface area (Å²) < 4.78 is 31.8. The van der Waals surface area contributed by atoms with E-state index >= 15 is 0 Å². The molecule has 1 aliphatic carbocycles. The van der Waals surface area contributed by atoms with Crippen LogP contribution >= 0.6 is 0 Å². The number of alkyl halides is 2. The summed E-state index contributed by atoms with van der Waals surface area (Å²) in [6.07, 6.45) is -1.53. The number of ether oxygens (including phenoxy) is 1. The molecule has 1 heterocycles. The lowest BCUT2D eigenvalue weighted by molar-refractivity contribution is -0.157. The van der Waals surface area contributed by atoms with Crippen molar-refractivity contribution in [3.05, 3.63) is 0 Å². The Bertz CT molecular complexity index is 418. The van der Waals surface area contributed by atoms with Gasteiger partial charge in [-0.05, 0) is 27.2 Å². The van der Waals surface area contributed by atoms with E-state index in [2.05, 4.69) is 0 Å². The number of carbonyl (C=O) groups is 2. The van der Waals surface area contributed by atoms with E-state index in [1.807, 2.05) is 0 Å². The first-order chi connectivity index (χ1) is 8.53. The second-order valence-corrected chi connectivity index (χ2v) is 6.12. The van der Waals surface area contributed by atoms with Gasteiger partial charge in [-0.15, -0.1) is 0 Å². The van der Waals surface area contributed by atoms with Crippen molar-refractivity contribution in [2.45, 2.75) is 57.2 Å². The molecule has 1 aliphatic heterocycles. The average Bonchev–Trinajstić information content (AvgIpc) is 2.50. The number of nitrogens with zero attached hydrogens (tertiary/aromatic N) is 1. The van der Waals surface area contributed by atoms with Crippen molar-refractivity contribution in [1.82, 2.24) is 4.90 Å². The van der Waals surface area contributed by atoms with Crippen LogP contribution in [-0.4, -0.2) is 45.7 Å². The molecule has 1 saturated heterocycles. The minimum atomic E-state index is -2.88. The summed E-state index contributed by atoms with van der Waals surface area (Å²) in [4.78, 5) is 24.1. The number of halogens is 2. The monoisotopic (exact) mass is 277 g/mol. The molecule has 19 heavy (non-hydrogen) atoms. The van der Waals surface area contributed by atoms with Crippen molar-refractivity contribution in [3.8, 4) is 0 Å². The Morgan fingerprint density at radius 1 is 1.37 bits per heavy atom. The largest absolute Gasteiger partial charge is 0.480 e. The second-order valence-electron chi connectivity index (χ2n) is 6.12. The number of hydrogen-bond donors (Lipinski definition) is 1. The smallest absolute Gasteiger partial charge is 0.411 e. The van der Waals surface area contributed by atoms with Crippen LogP contribution in [0, 0.1) is 5.92 Å². The molecule has 1 saturated carbocycles. The Morgan fingerprint density at radius 3 is 2.37 bits per heavy atom. The molecule has 2 rings (SSSR count). The van der Waals surface area contributed by atoms with Crippen LogP contribution in [0.4, 0.5) is 13.6 Å². The molecule has 108 valence electrons. The molecule has 1 amide bonds. The number of amides is 1. The highest BCUT2D eigenvalue weighted by molar-refractivity contribution is 5.81. The van der Waals surface area contributed by atoms with E-state index in [1.54, 1.807) is 20.8 Å². The topological polar surface area (TPSA) is 66.8 Å². The van der Waals surface area contributed by atoms with Crippen LogP contribution in [0.15, 0.2) is 0 Å². The first-order valence-electron chi connectivity index (χ1n) is 6.15. The first kappa shape index (κ1) is 14.0. The number of carboxylic acid groups (broad SMARTS) is 1. The third-order valence-corrected chi connectivity index (χ3v) is 3.55. The van der Waals surface area contributed by atoms with Crippen molar-refractivity contribution in [2.75, 3.05) is 0 Å². The fourth-order valence-electron chi connectivity index (χ4n) is 2.70. The lowest BCUT2D eigenvalue weighted by Crippen LogP contribution is -2.57. The van der Waals surface area contributed by atoms with Gasteiger partial charge in [0.2, 0.25) is 0 Å². The molecule has 2 aliphatic rings. The standard InChI is InChI=1S/C12H17F2NO4/c1-11(2,3)19-10(18)15-7(9(16)17)4-6-8(15)5-12(6,13)14/h6-8H,4-5H2,1-3H3,(H,16,17)/t6?,7-,8?/m0/s1. The molecule has 2 fully saturated rings. The highest BCUT2D eigenvalue weighted by Crippen LogP contribution is 2.54. The SMILES string of the molecule is CC(C)(C)OC(=O)N1C2CC(F)(F)C2C[C@H]1C(=O)O. The first-order valence-corrected chi connectivity index (χ1v) is 6.15. The summed E-state index contributed by atoms with van der Waals surface area (Å²) in [6.45, 7) is 4.93. The Kier molecular flexibility index (Phi) is 2.98. The molecular formula is C12H17F2NO4. The summed E-state index contributed by atoms with van der Waals surface area (Å²) in [5.74, 6) is -5.22. The molecule has 2 unspecified atom stereocenters. The van der Waals surface area contributed by atoms with Gasteiger partial charge >= 0.3 is 12.1 Å². The maximum atomic E-state index is 13.3. The minimum absolute atomic E-state index is 0.216. The molecule has 0 aromatic heterocycles. The Balaban J connectivity index is 2.18. The van der Waals surface area contributed by atoms with Gasteiger partial charge < -0.3 is 9.84 Å². The second kappa shape index (κ2) is 4.05. The van der Waals surface area contributed by atoms with Gasteiger partial charge in [-0.25, -0.2) is 18.4 Å². The van der Waals surface area contributed by atoms with E-state index in [0.717, 1.165) is 4.90 Å². The zero-order valence-corrected chi connectivity index (χ0v) is 11.0. The molecule has 0 spiro atoms. The van der Waals surface area contributed by atoms with Crippen LogP contribution in [0.1, 0.15) is 33.6 Å². The predicted octanol–water partition coefficient (Wildman–Crippen LogP) is 2.10. The quantitative estimate of drug-likeness (QED) is 0.797. The number of rotatable bonds is 1. The van der Waals surface area contributed by atoms with Gasteiger partial charge in [0.1, 0.15) is 11.6 Å². The van der Waals surface area contributed by atoms with Gasteiger partial charge in [-0.1, -0.05) is 0 Å². The van der Waals surface area contributed by atoms with Gasteiger partial charge in [0.05, 0.1) is 6.04 Å². The van der Waals surface area contributed by atoms with E-state index in [0.29, 0.717) is 0 Å². The van der Waals surface area contributed by atoms with Crippen molar-refractivity contribution >= 4 is 12.1 Å². The summed E-state index contributed by atoms with van der Waals surface area (Å²) in [5, 5.41) is 9.07. The van der Waals surface area contributed by atoms with E-state index < -0.39 is 48.0 Å². The molecular weight excluding hydrogens is 260 g/mol. The number of carbonyl (C=O) groups excluding carboxylic acids is 1. The lowest BCUT2D eigenvalue weighted by Gasteiger charge is -2.43. The third-order valence-electron chi connectivity index (χ3n) is 3.55. The average molecular weight is 277 g/mol. The highest BCUT2D eigenvalue weighted by Gasteiger charge is 2.66.